The van der Waals surface area contributed by atoms with Crippen LogP contribution < -0.4 is 19.5 Å². The van der Waals surface area contributed by atoms with Gasteiger partial charge in [-0.2, -0.15) is 0 Å². The molecule has 6 heteroatoms. The Bertz CT molecular complexity index is 1010. The van der Waals surface area contributed by atoms with Gasteiger partial charge in [0, 0.05) is 28.9 Å². The summed E-state index contributed by atoms with van der Waals surface area (Å²) in [7, 11) is 3.15. The maximum atomic E-state index is 12.4. The molecule has 1 amide bonds. The number of carbonyl (C=O) groups excluding carboxylic acids is 1. The number of carbonyl (C=O) groups is 1. The fraction of sp³-hybridized carbons (Fsp3) is 0.273. The number of amides is 1. The molecule has 0 atom stereocenters. The highest BCUT2D eigenvalue weighted by Crippen LogP contribution is 2.35. The number of ether oxygens (including phenoxy) is 3. The van der Waals surface area contributed by atoms with Crippen molar-refractivity contribution in [2.24, 2.45) is 0 Å². The van der Waals surface area contributed by atoms with Crippen molar-refractivity contribution < 1.29 is 19.0 Å². The van der Waals surface area contributed by atoms with Crippen LogP contribution in [0, 0.1) is 20.8 Å². The van der Waals surface area contributed by atoms with E-state index >= 15 is 0 Å². The smallest absolute Gasteiger partial charge is 0.262 e. The van der Waals surface area contributed by atoms with E-state index in [9.17, 15) is 4.79 Å². The lowest BCUT2D eigenvalue weighted by Gasteiger charge is -2.14. The molecular weight excluding hydrogens is 356 g/mol. The quantitative estimate of drug-likeness (QED) is 0.694. The molecule has 1 heterocycles. The summed E-state index contributed by atoms with van der Waals surface area (Å²) in [6, 6.07) is 11.3. The summed E-state index contributed by atoms with van der Waals surface area (Å²) in [5, 5.41) is 3.63. The zero-order valence-corrected chi connectivity index (χ0v) is 16.8. The number of nitrogens with zero attached hydrogens (tertiary/aromatic N) is 1. The second-order valence-corrected chi connectivity index (χ2v) is 6.70. The Balaban J connectivity index is 1.82. The van der Waals surface area contributed by atoms with Crippen molar-refractivity contribution in [2.45, 2.75) is 20.8 Å². The maximum Gasteiger partial charge on any atom is 0.262 e. The molecule has 1 N–H and O–H groups in total. The highest BCUT2D eigenvalue weighted by molar-refractivity contribution is 5.93. The molecule has 3 aromatic rings. The van der Waals surface area contributed by atoms with E-state index in [1.165, 1.54) is 0 Å². The van der Waals surface area contributed by atoms with E-state index in [0.717, 1.165) is 27.9 Å². The molecule has 0 aliphatic heterocycles. The van der Waals surface area contributed by atoms with Crippen LogP contribution >= 0.6 is 0 Å². The Morgan fingerprint density at radius 1 is 0.893 bits per heavy atom. The molecule has 1 aromatic heterocycles. The zero-order chi connectivity index (χ0) is 20.3. The average Bonchev–Trinajstić information content (AvgIpc) is 2.64. The number of methoxy groups -OCH3 is 2. The van der Waals surface area contributed by atoms with Crippen LogP contribution in [-0.4, -0.2) is 31.7 Å². The predicted molar refractivity (Wildman–Crippen MR) is 110 cm³/mol. The van der Waals surface area contributed by atoms with Crippen LogP contribution in [0.3, 0.4) is 0 Å². The van der Waals surface area contributed by atoms with Crippen molar-refractivity contribution in [3.63, 3.8) is 0 Å². The molecule has 0 spiro atoms. The van der Waals surface area contributed by atoms with Gasteiger partial charge < -0.3 is 19.5 Å². The number of pyridine rings is 1. The summed E-state index contributed by atoms with van der Waals surface area (Å²) in [4.78, 5) is 16.9. The number of benzene rings is 2. The van der Waals surface area contributed by atoms with Crippen molar-refractivity contribution in [3.8, 4) is 17.2 Å². The molecule has 146 valence electrons. The van der Waals surface area contributed by atoms with Gasteiger partial charge >= 0.3 is 0 Å². The van der Waals surface area contributed by atoms with Crippen molar-refractivity contribution in [1.82, 2.24) is 4.98 Å². The maximum absolute atomic E-state index is 12.4. The third-order valence-corrected chi connectivity index (χ3v) is 4.27. The first-order valence-corrected chi connectivity index (χ1v) is 8.94. The molecule has 0 aliphatic carbocycles. The summed E-state index contributed by atoms with van der Waals surface area (Å²) < 4.78 is 16.5. The standard InChI is InChI=1S/C22H24N2O4/c1-13-6-14(2)8-16(7-13)24-22(25)12-28-19-9-15(3)23-18-11-21(27-5)20(26-4)10-17(18)19/h6-11H,12H2,1-5H3,(H,24,25). The number of hydrogen-bond donors (Lipinski definition) is 1. The molecule has 0 saturated carbocycles. The fourth-order valence-corrected chi connectivity index (χ4v) is 3.15. The highest BCUT2D eigenvalue weighted by atomic mass is 16.5. The van der Waals surface area contributed by atoms with Crippen molar-refractivity contribution in [3.05, 3.63) is 53.2 Å². The number of anilines is 1. The number of hydrogen-bond acceptors (Lipinski definition) is 5. The van der Waals surface area contributed by atoms with Gasteiger partial charge in [0.1, 0.15) is 5.75 Å². The molecule has 0 unspecified atom stereocenters. The second kappa shape index (κ2) is 8.17. The van der Waals surface area contributed by atoms with E-state index in [1.807, 2.05) is 32.9 Å². The first-order valence-electron chi connectivity index (χ1n) is 8.94. The summed E-state index contributed by atoms with van der Waals surface area (Å²) in [5.41, 5.74) is 4.43. The fourth-order valence-electron chi connectivity index (χ4n) is 3.15. The van der Waals surface area contributed by atoms with E-state index in [0.29, 0.717) is 22.8 Å². The van der Waals surface area contributed by atoms with E-state index in [1.54, 1.807) is 32.4 Å². The van der Waals surface area contributed by atoms with E-state index in [-0.39, 0.29) is 12.5 Å². The van der Waals surface area contributed by atoms with Crippen molar-refractivity contribution in [1.29, 1.82) is 0 Å². The molecular formula is C22H24N2O4. The van der Waals surface area contributed by atoms with Crippen LogP contribution in [0.1, 0.15) is 16.8 Å². The summed E-state index contributed by atoms with van der Waals surface area (Å²) >= 11 is 0. The molecule has 0 fully saturated rings. The topological polar surface area (TPSA) is 69.7 Å². The number of rotatable bonds is 6. The van der Waals surface area contributed by atoms with Gasteiger partial charge in [0.25, 0.3) is 5.91 Å². The van der Waals surface area contributed by atoms with Crippen LogP contribution in [0.5, 0.6) is 17.2 Å². The Morgan fingerprint density at radius 2 is 1.54 bits per heavy atom. The first-order chi connectivity index (χ1) is 13.4. The van der Waals surface area contributed by atoms with Gasteiger partial charge in [-0.15, -0.1) is 0 Å². The Hall–Kier alpha value is -3.28. The van der Waals surface area contributed by atoms with E-state index in [4.69, 9.17) is 14.2 Å². The van der Waals surface area contributed by atoms with Crippen LogP contribution in [0.15, 0.2) is 36.4 Å². The highest BCUT2D eigenvalue weighted by Gasteiger charge is 2.13. The van der Waals surface area contributed by atoms with E-state index < -0.39 is 0 Å². The lowest BCUT2D eigenvalue weighted by Crippen LogP contribution is -2.20. The van der Waals surface area contributed by atoms with Crippen LogP contribution in [0.2, 0.25) is 0 Å². The number of fused-ring (bicyclic) bond motifs is 1. The minimum Gasteiger partial charge on any atom is -0.493 e. The van der Waals surface area contributed by atoms with Gasteiger partial charge in [0.15, 0.2) is 18.1 Å². The molecule has 0 bridgehead atoms. The van der Waals surface area contributed by atoms with Crippen molar-refractivity contribution in [2.75, 3.05) is 26.1 Å². The predicted octanol–water partition coefficient (Wildman–Crippen LogP) is 4.19. The molecule has 3 rings (SSSR count). The van der Waals surface area contributed by atoms with Gasteiger partial charge in [-0.05, 0) is 50.1 Å². The van der Waals surface area contributed by atoms with Crippen LogP contribution in [0.25, 0.3) is 10.9 Å². The summed E-state index contributed by atoms with van der Waals surface area (Å²) in [6.07, 6.45) is 0. The molecule has 6 nitrogen and oxygen atoms in total. The average molecular weight is 380 g/mol. The Morgan fingerprint density at radius 3 is 2.18 bits per heavy atom. The molecule has 2 aromatic carbocycles. The van der Waals surface area contributed by atoms with Crippen LogP contribution in [-0.2, 0) is 4.79 Å². The minimum absolute atomic E-state index is 0.111. The van der Waals surface area contributed by atoms with Crippen LogP contribution in [0.4, 0.5) is 5.69 Å². The summed E-state index contributed by atoms with van der Waals surface area (Å²) in [5.74, 6) is 1.50. The lowest BCUT2D eigenvalue weighted by atomic mass is 10.1. The van der Waals surface area contributed by atoms with Crippen molar-refractivity contribution >= 4 is 22.5 Å². The zero-order valence-electron chi connectivity index (χ0n) is 16.8. The lowest BCUT2D eigenvalue weighted by molar-refractivity contribution is -0.118. The summed E-state index contributed by atoms with van der Waals surface area (Å²) in [6.45, 7) is 5.75. The third kappa shape index (κ3) is 4.34. The van der Waals surface area contributed by atoms with Gasteiger partial charge in [-0.1, -0.05) is 6.07 Å². The van der Waals surface area contributed by atoms with Gasteiger partial charge in [-0.3, -0.25) is 9.78 Å². The monoisotopic (exact) mass is 380 g/mol. The Labute approximate surface area is 164 Å². The first kappa shape index (κ1) is 19.5. The Kier molecular flexibility index (Phi) is 5.68. The van der Waals surface area contributed by atoms with Gasteiger partial charge in [0.2, 0.25) is 0 Å². The molecule has 0 radical (unpaired) electrons. The molecule has 0 saturated heterocycles. The number of aromatic nitrogens is 1. The molecule has 0 aliphatic rings. The molecule has 28 heavy (non-hydrogen) atoms. The van der Waals surface area contributed by atoms with Gasteiger partial charge in [-0.25, -0.2) is 0 Å². The number of nitrogens with one attached hydrogen (secondary N) is 1. The third-order valence-electron chi connectivity index (χ3n) is 4.27. The SMILES string of the molecule is COc1cc2nc(C)cc(OCC(=O)Nc3cc(C)cc(C)c3)c2cc1OC. The normalized spacial score (nSPS) is 10.6. The van der Waals surface area contributed by atoms with E-state index in [2.05, 4.69) is 16.4 Å². The number of aryl methyl sites for hydroxylation is 3. The minimum atomic E-state index is -0.229. The van der Waals surface area contributed by atoms with Gasteiger partial charge in [0.05, 0.1) is 19.7 Å². The largest absolute Gasteiger partial charge is 0.493 e. The second-order valence-electron chi connectivity index (χ2n) is 6.70.